The summed E-state index contributed by atoms with van der Waals surface area (Å²) in [4.78, 5) is 4.32. The second-order valence-corrected chi connectivity index (χ2v) is 3.47. The number of benzene rings is 1. The Balaban J connectivity index is 2.38. The van der Waals surface area contributed by atoms with Crippen LogP contribution < -0.4 is 10.5 Å². The van der Waals surface area contributed by atoms with Crippen molar-refractivity contribution in [3.05, 3.63) is 24.3 Å². The van der Waals surface area contributed by atoms with E-state index in [4.69, 9.17) is 15.0 Å². The van der Waals surface area contributed by atoms with Gasteiger partial charge in [-0.1, -0.05) is 5.16 Å². The standard InChI is InChI=1S/C11H9N3O2/c1-15-7-3-2-6-4-8-10(12)14-16-11(8)13-9(6)5-7/h2-5H,1H3,(H2,12,14). The molecular weight excluding hydrogens is 206 g/mol. The SMILES string of the molecule is COc1ccc2cc3c(N)noc3nc2c1. The van der Waals surface area contributed by atoms with E-state index < -0.39 is 0 Å². The van der Waals surface area contributed by atoms with Gasteiger partial charge in [0.2, 0.25) is 0 Å². The lowest BCUT2D eigenvalue weighted by Gasteiger charge is -2.01. The van der Waals surface area contributed by atoms with E-state index in [1.165, 1.54) is 0 Å². The third-order valence-electron chi connectivity index (χ3n) is 2.50. The van der Waals surface area contributed by atoms with Gasteiger partial charge in [0.25, 0.3) is 5.71 Å². The lowest BCUT2D eigenvalue weighted by atomic mass is 10.2. The Kier molecular flexibility index (Phi) is 1.73. The maximum atomic E-state index is 5.65. The third-order valence-corrected chi connectivity index (χ3v) is 2.50. The Morgan fingerprint density at radius 1 is 1.31 bits per heavy atom. The van der Waals surface area contributed by atoms with Crippen molar-refractivity contribution in [2.45, 2.75) is 0 Å². The van der Waals surface area contributed by atoms with Crippen LogP contribution in [0.5, 0.6) is 5.75 Å². The maximum absolute atomic E-state index is 5.65. The van der Waals surface area contributed by atoms with Crippen molar-refractivity contribution in [3.8, 4) is 5.75 Å². The lowest BCUT2D eigenvalue weighted by molar-refractivity contribution is 0.415. The molecule has 2 aromatic heterocycles. The van der Waals surface area contributed by atoms with E-state index in [0.717, 1.165) is 22.0 Å². The second kappa shape index (κ2) is 3.10. The van der Waals surface area contributed by atoms with E-state index in [1.807, 2.05) is 24.3 Å². The van der Waals surface area contributed by atoms with Crippen LogP contribution in [0.25, 0.3) is 22.0 Å². The van der Waals surface area contributed by atoms with E-state index in [2.05, 4.69) is 10.1 Å². The van der Waals surface area contributed by atoms with E-state index in [9.17, 15) is 0 Å². The molecule has 1 aromatic carbocycles. The highest BCUT2D eigenvalue weighted by molar-refractivity contribution is 5.95. The van der Waals surface area contributed by atoms with E-state index >= 15 is 0 Å². The summed E-state index contributed by atoms with van der Waals surface area (Å²) in [5, 5.41) is 5.38. The molecule has 5 heteroatoms. The number of nitrogens with two attached hydrogens (primary N) is 1. The molecule has 0 atom stereocenters. The number of fused-ring (bicyclic) bond motifs is 2. The first-order valence-corrected chi connectivity index (χ1v) is 4.77. The van der Waals surface area contributed by atoms with Crippen LogP contribution in [0.4, 0.5) is 5.82 Å². The Morgan fingerprint density at radius 3 is 3.00 bits per heavy atom. The Hall–Kier alpha value is -2.30. The zero-order valence-electron chi connectivity index (χ0n) is 8.60. The smallest absolute Gasteiger partial charge is 0.260 e. The molecule has 0 aliphatic carbocycles. The minimum Gasteiger partial charge on any atom is -0.497 e. The van der Waals surface area contributed by atoms with Gasteiger partial charge in [-0.15, -0.1) is 0 Å². The zero-order valence-corrected chi connectivity index (χ0v) is 8.60. The van der Waals surface area contributed by atoms with Gasteiger partial charge >= 0.3 is 0 Å². The van der Waals surface area contributed by atoms with Crippen LogP contribution in [-0.4, -0.2) is 17.3 Å². The van der Waals surface area contributed by atoms with Crippen LogP contribution in [0.15, 0.2) is 28.8 Å². The second-order valence-electron chi connectivity index (χ2n) is 3.47. The van der Waals surface area contributed by atoms with Crippen molar-refractivity contribution in [2.75, 3.05) is 12.8 Å². The summed E-state index contributed by atoms with van der Waals surface area (Å²) in [6.45, 7) is 0. The predicted molar refractivity (Wildman–Crippen MR) is 60.3 cm³/mol. The van der Waals surface area contributed by atoms with Gasteiger partial charge in [0.1, 0.15) is 5.75 Å². The van der Waals surface area contributed by atoms with Crippen LogP contribution in [0.1, 0.15) is 0 Å². The van der Waals surface area contributed by atoms with Gasteiger partial charge < -0.3 is 15.0 Å². The Bertz CT molecular complexity index is 675. The number of hydrogen-bond donors (Lipinski definition) is 1. The van der Waals surface area contributed by atoms with Crippen molar-refractivity contribution in [3.63, 3.8) is 0 Å². The predicted octanol–water partition coefficient (Wildman–Crippen LogP) is 1.97. The highest BCUT2D eigenvalue weighted by atomic mass is 16.5. The molecule has 0 fully saturated rings. The minimum absolute atomic E-state index is 0.361. The molecule has 5 nitrogen and oxygen atoms in total. The van der Waals surface area contributed by atoms with Gasteiger partial charge in [-0.05, 0) is 18.2 Å². The molecule has 0 saturated carbocycles. The van der Waals surface area contributed by atoms with Gasteiger partial charge in [0.05, 0.1) is 18.0 Å². The number of hydrogen-bond acceptors (Lipinski definition) is 5. The van der Waals surface area contributed by atoms with E-state index in [-0.39, 0.29) is 0 Å². The molecule has 2 heterocycles. The molecule has 16 heavy (non-hydrogen) atoms. The summed E-state index contributed by atoms with van der Waals surface area (Å²) in [6, 6.07) is 7.54. The fourth-order valence-electron chi connectivity index (χ4n) is 1.65. The van der Waals surface area contributed by atoms with Crippen LogP contribution in [-0.2, 0) is 0 Å². The molecule has 0 aliphatic heterocycles. The summed E-state index contributed by atoms with van der Waals surface area (Å²) in [5.41, 5.74) is 6.89. The molecule has 2 N–H and O–H groups in total. The van der Waals surface area contributed by atoms with Gasteiger partial charge in [0.15, 0.2) is 5.82 Å². The minimum atomic E-state index is 0.361. The third kappa shape index (κ3) is 1.18. The number of ether oxygens (including phenoxy) is 1. The molecule has 0 amide bonds. The fraction of sp³-hybridized carbons (Fsp3) is 0.0909. The monoisotopic (exact) mass is 215 g/mol. The average molecular weight is 215 g/mol. The van der Waals surface area contributed by atoms with Crippen molar-refractivity contribution in [1.29, 1.82) is 0 Å². The first-order chi connectivity index (χ1) is 7.78. The van der Waals surface area contributed by atoms with Crippen LogP contribution in [0.2, 0.25) is 0 Å². The molecule has 0 bridgehead atoms. The summed E-state index contributed by atoms with van der Waals surface area (Å²) >= 11 is 0. The number of pyridine rings is 1. The van der Waals surface area contributed by atoms with Crippen molar-refractivity contribution < 1.29 is 9.26 Å². The number of rotatable bonds is 1. The molecule has 3 aromatic rings. The molecule has 0 radical (unpaired) electrons. The molecule has 80 valence electrons. The number of methoxy groups -OCH3 is 1. The van der Waals surface area contributed by atoms with E-state index in [0.29, 0.717) is 11.5 Å². The largest absolute Gasteiger partial charge is 0.497 e. The summed E-state index contributed by atoms with van der Waals surface area (Å²) < 4.78 is 10.1. The number of nitrogens with zero attached hydrogens (tertiary/aromatic N) is 2. The molecule has 3 rings (SSSR count). The van der Waals surface area contributed by atoms with Crippen LogP contribution in [0.3, 0.4) is 0 Å². The normalized spacial score (nSPS) is 11.1. The Labute approximate surface area is 90.8 Å². The molecule has 0 unspecified atom stereocenters. The zero-order chi connectivity index (χ0) is 11.1. The number of aromatic nitrogens is 2. The van der Waals surface area contributed by atoms with Crippen LogP contribution >= 0.6 is 0 Å². The van der Waals surface area contributed by atoms with Crippen molar-refractivity contribution in [1.82, 2.24) is 10.1 Å². The summed E-state index contributed by atoms with van der Waals surface area (Å²) in [6.07, 6.45) is 0. The highest BCUT2D eigenvalue weighted by Gasteiger charge is 2.08. The molecular formula is C11H9N3O2. The lowest BCUT2D eigenvalue weighted by Crippen LogP contribution is -1.86. The van der Waals surface area contributed by atoms with Gasteiger partial charge in [0, 0.05) is 11.5 Å². The summed E-state index contributed by atoms with van der Waals surface area (Å²) in [5.74, 6) is 1.12. The van der Waals surface area contributed by atoms with Crippen molar-refractivity contribution in [2.24, 2.45) is 0 Å². The van der Waals surface area contributed by atoms with Crippen molar-refractivity contribution >= 4 is 27.8 Å². The first kappa shape index (κ1) is 8.96. The molecule has 0 saturated heterocycles. The summed E-state index contributed by atoms with van der Waals surface area (Å²) in [7, 11) is 1.62. The molecule has 0 aliphatic rings. The maximum Gasteiger partial charge on any atom is 0.260 e. The fourth-order valence-corrected chi connectivity index (χ4v) is 1.65. The number of nitrogen functional groups attached to an aromatic ring is 1. The topological polar surface area (TPSA) is 74.2 Å². The quantitative estimate of drug-likeness (QED) is 0.671. The highest BCUT2D eigenvalue weighted by Crippen LogP contribution is 2.25. The van der Waals surface area contributed by atoms with Gasteiger partial charge in [-0.25, -0.2) is 4.98 Å². The van der Waals surface area contributed by atoms with Gasteiger partial charge in [-0.3, -0.25) is 0 Å². The van der Waals surface area contributed by atoms with Gasteiger partial charge in [-0.2, -0.15) is 0 Å². The average Bonchev–Trinajstić information content (AvgIpc) is 2.67. The first-order valence-electron chi connectivity index (χ1n) is 4.77. The van der Waals surface area contributed by atoms with Crippen LogP contribution in [0, 0.1) is 0 Å². The van der Waals surface area contributed by atoms with E-state index in [1.54, 1.807) is 7.11 Å². The Morgan fingerprint density at radius 2 is 2.19 bits per heavy atom. The molecule has 0 spiro atoms. The number of anilines is 1.